The first-order valence-corrected chi connectivity index (χ1v) is 5.77. The number of aromatic amines is 1. The van der Waals surface area contributed by atoms with Crippen molar-refractivity contribution in [1.82, 2.24) is 15.4 Å². The maximum atomic E-state index is 5.38. The monoisotopic (exact) mass is 225 g/mol. The van der Waals surface area contributed by atoms with Gasteiger partial charge in [0.25, 0.3) is 0 Å². The maximum absolute atomic E-state index is 5.38. The van der Waals surface area contributed by atoms with Crippen LogP contribution in [0.2, 0.25) is 0 Å². The van der Waals surface area contributed by atoms with E-state index in [1.54, 1.807) is 18.0 Å². The molecule has 0 saturated heterocycles. The van der Waals surface area contributed by atoms with Gasteiger partial charge in [0.05, 0.1) is 10.3 Å². The first kappa shape index (κ1) is 10.6. The number of hydroxylamine groups is 1. The number of rotatable bonds is 3. The summed E-state index contributed by atoms with van der Waals surface area (Å²) in [7, 11) is 0. The molecule has 1 aliphatic heterocycles. The molecule has 1 unspecified atom stereocenters. The lowest BCUT2D eigenvalue weighted by Gasteiger charge is -2.11. The van der Waals surface area contributed by atoms with Gasteiger partial charge in [-0.25, -0.2) is 4.98 Å². The van der Waals surface area contributed by atoms with Crippen LogP contribution in [0.25, 0.3) is 0 Å². The van der Waals surface area contributed by atoms with Crippen molar-refractivity contribution in [2.24, 2.45) is 0 Å². The summed E-state index contributed by atoms with van der Waals surface area (Å²) in [5.74, 6) is 0.979. The molecular weight excluding hydrogens is 210 g/mol. The molecule has 0 spiro atoms. The van der Waals surface area contributed by atoms with E-state index in [9.17, 15) is 0 Å². The molecule has 0 bridgehead atoms. The molecule has 0 radical (unpaired) electrons. The second-order valence-corrected chi connectivity index (χ2v) is 5.43. The lowest BCUT2D eigenvalue weighted by atomic mass is 10.1. The molecule has 0 amide bonds. The van der Waals surface area contributed by atoms with Crippen molar-refractivity contribution >= 4 is 11.8 Å². The minimum Gasteiger partial charge on any atom is -0.348 e. The molecule has 1 aliphatic rings. The minimum atomic E-state index is -0.217. The molecular formula is C10H15N3OS. The van der Waals surface area contributed by atoms with Crippen molar-refractivity contribution in [2.45, 2.75) is 31.6 Å². The van der Waals surface area contributed by atoms with Gasteiger partial charge in [-0.1, -0.05) is 11.8 Å². The third kappa shape index (κ3) is 2.54. The lowest BCUT2D eigenvalue weighted by molar-refractivity contribution is -0.0127. The summed E-state index contributed by atoms with van der Waals surface area (Å²) < 4.78 is 0. The predicted octanol–water partition coefficient (Wildman–Crippen LogP) is 2.36. The highest BCUT2D eigenvalue weighted by molar-refractivity contribution is 8.03. The highest BCUT2D eigenvalue weighted by Crippen LogP contribution is 2.35. The summed E-state index contributed by atoms with van der Waals surface area (Å²) in [6, 6.07) is 0. The van der Waals surface area contributed by atoms with E-state index in [1.165, 1.54) is 0 Å². The summed E-state index contributed by atoms with van der Waals surface area (Å²) in [5, 5.41) is 1.33. The van der Waals surface area contributed by atoms with Crippen molar-refractivity contribution < 1.29 is 4.84 Å². The van der Waals surface area contributed by atoms with Gasteiger partial charge in [0.1, 0.15) is 11.4 Å². The Morgan fingerprint density at radius 2 is 2.33 bits per heavy atom. The van der Waals surface area contributed by atoms with E-state index in [-0.39, 0.29) is 10.9 Å². The van der Waals surface area contributed by atoms with E-state index < -0.39 is 0 Å². The first-order valence-electron chi connectivity index (χ1n) is 4.90. The molecule has 0 saturated carbocycles. The number of thioether (sulfide) groups is 1. The fraction of sp³-hybridized carbons (Fsp3) is 0.500. The number of imidazole rings is 1. The Morgan fingerprint density at radius 3 is 2.87 bits per heavy atom. The second kappa shape index (κ2) is 3.90. The Hall–Kier alpha value is -0.940. The molecule has 82 valence electrons. The smallest absolute Gasteiger partial charge is 0.119 e. The third-order valence-electron chi connectivity index (χ3n) is 2.10. The number of hydrogen-bond acceptors (Lipinski definition) is 4. The van der Waals surface area contributed by atoms with E-state index in [0.717, 1.165) is 10.9 Å². The summed E-state index contributed by atoms with van der Waals surface area (Å²) in [5.41, 5.74) is 2.71. The van der Waals surface area contributed by atoms with Gasteiger partial charge >= 0.3 is 0 Å². The number of aromatic nitrogens is 2. The van der Waals surface area contributed by atoms with Gasteiger partial charge in [-0.2, -0.15) is 0 Å². The molecule has 1 aromatic heterocycles. The standard InChI is InChI=1S/C10H15N3OS/c1-7(9-11-4-5-12-9)15-8-6-10(2,3)14-13-8/h4-7,13H,1-3H3,(H,11,12). The Labute approximate surface area is 93.5 Å². The number of H-pyrrole nitrogens is 1. The molecule has 0 aliphatic carbocycles. The summed E-state index contributed by atoms with van der Waals surface area (Å²) in [4.78, 5) is 12.7. The largest absolute Gasteiger partial charge is 0.348 e. The van der Waals surface area contributed by atoms with Crippen molar-refractivity contribution in [1.29, 1.82) is 0 Å². The average molecular weight is 225 g/mol. The van der Waals surface area contributed by atoms with Crippen LogP contribution in [0, 0.1) is 0 Å². The highest BCUT2D eigenvalue weighted by atomic mass is 32.2. The lowest BCUT2D eigenvalue weighted by Crippen LogP contribution is -2.20. The van der Waals surface area contributed by atoms with Crippen LogP contribution in [0.1, 0.15) is 31.8 Å². The molecule has 4 nitrogen and oxygen atoms in total. The zero-order valence-corrected chi connectivity index (χ0v) is 9.89. The molecule has 2 N–H and O–H groups in total. The topological polar surface area (TPSA) is 49.9 Å². The van der Waals surface area contributed by atoms with Crippen LogP contribution in [0.5, 0.6) is 0 Å². The Bertz CT molecular complexity index is 359. The van der Waals surface area contributed by atoms with Crippen LogP contribution in [0.15, 0.2) is 23.5 Å². The van der Waals surface area contributed by atoms with Crippen LogP contribution >= 0.6 is 11.8 Å². The molecule has 2 heterocycles. The Kier molecular flexibility index (Phi) is 2.75. The summed E-state index contributed by atoms with van der Waals surface area (Å²) in [6.45, 7) is 6.15. The van der Waals surface area contributed by atoms with Crippen LogP contribution in [-0.4, -0.2) is 15.6 Å². The van der Waals surface area contributed by atoms with Crippen molar-refractivity contribution in [3.8, 4) is 0 Å². The van der Waals surface area contributed by atoms with Gasteiger partial charge in [-0.15, -0.1) is 0 Å². The Morgan fingerprint density at radius 1 is 1.53 bits per heavy atom. The Balaban J connectivity index is 1.99. The summed E-state index contributed by atoms with van der Waals surface area (Å²) >= 11 is 1.70. The number of hydrogen-bond donors (Lipinski definition) is 2. The minimum absolute atomic E-state index is 0.217. The fourth-order valence-corrected chi connectivity index (χ4v) is 2.42. The molecule has 1 aromatic rings. The SMILES string of the molecule is CC(SC1=CC(C)(C)ON1)c1ncc[nH]1. The van der Waals surface area contributed by atoms with E-state index in [1.807, 2.05) is 20.0 Å². The third-order valence-corrected chi connectivity index (χ3v) is 3.13. The predicted molar refractivity (Wildman–Crippen MR) is 61.0 cm³/mol. The molecule has 15 heavy (non-hydrogen) atoms. The highest BCUT2D eigenvalue weighted by Gasteiger charge is 2.25. The molecule has 1 atom stereocenters. The second-order valence-electron chi connectivity index (χ2n) is 4.05. The zero-order chi connectivity index (χ0) is 10.9. The molecule has 2 rings (SSSR count). The van der Waals surface area contributed by atoms with Gasteiger partial charge in [0, 0.05) is 12.4 Å². The van der Waals surface area contributed by atoms with Gasteiger partial charge < -0.3 is 4.98 Å². The quantitative estimate of drug-likeness (QED) is 0.829. The van der Waals surface area contributed by atoms with Crippen molar-refractivity contribution in [2.75, 3.05) is 0 Å². The van der Waals surface area contributed by atoms with Crippen molar-refractivity contribution in [3.05, 3.63) is 29.3 Å². The summed E-state index contributed by atoms with van der Waals surface area (Å²) in [6.07, 6.45) is 5.68. The van der Waals surface area contributed by atoms with Crippen LogP contribution in [0.4, 0.5) is 0 Å². The molecule has 5 heteroatoms. The van der Waals surface area contributed by atoms with Gasteiger partial charge in [-0.05, 0) is 26.8 Å². The van der Waals surface area contributed by atoms with Crippen LogP contribution < -0.4 is 5.48 Å². The van der Waals surface area contributed by atoms with E-state index >= 15 is 0 Å². The van der Waals surface area contributed by atoms with Crippen molar-refractivity contribution in [3.63, 3.8) is 0 Å². The normalized spacial score (nSPS) is 20.9. The van der Waals surface area contributed by atoms with Gasteiger partial charge in [0.15, 0.2) is 0 Å². The van der Waals surface area contributed by atoms with E-state index in [2.05, 4.69) is 28.4 Å². The maximum Gasteiger partial charge on any atom is 0.119 e. The number of nitrogens with one attached hydrogen (secondary N) is 2. The molecule has 0 fully saturated rings. The average Bonchev–Trinajstić information content (AvgIpc) is 2.74. The van der Waals surface area contributed by atoms with Gasteiger partial charge in [0.2, 0.25) is 0 Å². The van der Waals surface area contributed by atoms with E-state index in [0.29, 0.717) is 0 Å². The van der Waals surface area contributed by atoms with Crippen LogP contribution in [-0.2, 0) is 4.84 Å². The first-order chi connectivity index (χ1) is 7.07. The zero-order valence-electron chi connectivity index (χ0n) is 9.07. The van der Waals surface area contributed by atoms with Gasteiger partial charge in [-0.3, -0.25) is 10.3 Å². The fourth-order valence-electron chi connectivity index (χ4n) is 1.36. The van der Waals surface area contributed by atoms with Crippen LogP contribution in [0.3, 0.4) is 0 Å². The molecule has 0 aromatic carbocycles. The number of nitrogens with zero attached hydrogens (tertiary/aromatic N) is 1. The van der Waals surface area contributed by atoms with E-state index in [4.69, 9.17) is 4.84 Å².